The number of carbonyl (C=O) groups excluding carboxylic acids is 1. The van der Waals surface area contributed by atoms with Crippen LogP contribution in [0.3, 0.4) is 0 Å². The fourth-order valence-corrected chi connectivity index (χ4v) is 1.42. The predicted molar refractivity (Wildman–Crippen MR) is 53.6 cm³/mol. The number of nitrogens with one attached hydrogen (secondary N) is 2. The van der Waals surface area contributed by atoms with Gasteiger partial charge in [0, 0.05) is 12.0 Å². The molecule has 0 atom stereocenters. The molecule has 0 radical (unpaired) electrons. The van der Waals surface area contributed by atoms with Crippen LogP contribution < -0.4 is 10.6 Å². The Balaban J connectivity index is 2.77. The molecule has 1 aliphatic carbocycles. The van der Waals surface area contributed by atoms with Crippen LogP contribution in [0.15, 0.2) is 23.8 Å². The second-order valence-electron chi connectivity index (χ2n) is 2.94. The fourth-order valence-electron chi connectivity index (χ4n) is 1.28. The first kappa shape index (κ1) is 10.4. The van der Waals surface area contributed by atoms with Gasteiger partial charge in [0.15, 0.2) is 0 Å². The Kier molecular flexibility index (Phi) is 3.25. The Morgan fingerprint density at radius 2 is 2.15 bits per heavy atom. The molecule has 0 saturated carbocycles. The van der Waals surface area contributed by atoms with Crippen molar-refractivity contribution in [3.63, 3.8) is 0 Å². The summed E-state index contributed by atoms with van der Waals surface area (Å²) >= 11 is 5.34. The first-order valence-corrected chi connectivity index (χ1v) is 4.48. The number of hydrogen-bond acceptors (Lipinski definition) is 3. The van der Waals surface area contributed by atoms with Crippen LogP contribution in [0.1, 0.15) is 6.42 Å². The second-order valence-corrected chi connectivity index (χ2v) is 3.29. The molecular formula is C9H13ClN2O. The van der Waals surface area contributed by atoms with Gasteiger partial charge in [-0.05, 0) is 31.8 Å². The lowest BCUT2D eigenvalue weighted by Gasteiger charge is -2.31. The van der Waals surface area contributed by atoms with Crippen molar-refractivity contribution >= 4 is 16.8 Å². The highest BCUT2D eigenvalue weighted by molar-refractivity contribution is 6.68. The van der Waals surface area contributed by atoms with Gasteiger partial charge in [-0.2, -0.15) is 0 Å². The van der Waals surface area contributed by atoms with Crippen LogP contribution in [0.25, 0.3) is 0 Å². The molecule has 2 N–H and O–H groups in total. The number of allylic oxidation sites excluding steroid dienone is 2. The van der Waals surface area contributed by atoms with E-state index in [0.29, 0.717) is 12.0 Å². The monoisotopic (exact) mass is 200 g/mol. The zero-order valence-electron chi connectivity index (χ0n) is 7.73. The quantitative estimate of drug-likeness (QED) is 0.523. The lowest BCUT2D eigenvalue weighted by atomic mass is 9.97. The Morgan fingerprint density at radius 1 is 1.54 bits per heavy atom. The predicted octanol–water partition coefficient (Wildman–Crippen LogP) is 0.773. The number of rotatable bonds is 3. The molecule has 72 valence electrons. The zero-order valence-corrected chi connectivity index (χ0v) is 8.48. The molecule has 3 nitrogen and oxygen atoms in total. The summed E-state index contributed by atoms with van der Waals surface area (Å²) in [5.41, 5.74) is 0.318. The molecule has 0 spiro atoms. The molecule has 4 heteroatoms. The number of hydrogen-bond donors (Lipinski definition) is 2. The van der Waals surface area contributed by atoms with Gasteiger partial charge < -0.3 is 0 Å². The van der Waals surface area contributed by atoms with E-state index in [1.807, 2.05) is 26.2 Å². The maximum absolute atomic E-state index is 10.8. The summed E-state index contributed by atoms with van der Waals surface area (Å²) < 4.78 is 0. The van der Waals surface area contributed by atoms with E-state index in [9.17, 15) is 4.79 Å². The first-order chi connectivity index (χ1) is 6.13. The van der Waals surface area contributed by atoms with Crippen LogP contribution in [0.5, 0.6) is 0 Å². The molecule has 0 unspecified atom stereocenters. The minimum atomic E-state index is -0.406. The van der Waals surface area contributed by atoms with Crippen molar-refractivity contribution in [2.75, 3.05) is 14.1 Å². The smallest absolute Gasteiger partial charge is 0.252 e. The average molecular weight is 201 g/mol. The topological polar surface area (TPSA) is 41.1 Å². The largest absolute Gasteiger partial charge is 0.299 e. The molecular weight excluding hydrogens is 188 g/mol. The third-order valence-corrected chi connectivity index (χ3v) is 2.53. The van der Waals surface area contributed by atoms with Crippen LogP contribution in [0.4, 0.5) is 0 Å². The van der Waals surface area contributed by atoms with Crippen molar-refractivity contribution in [2.45, 2.75) is 12.1 Å². The SMILES string of the molecule is CNC1(NC)C=CC(C(=O)Cl)=CC1. The van der Waals surface area contributed by atoms with E-state index in [0.717, 1.165) is 0 Å². The summed E-state index contributed by atoms with van der Waals surface area (Å²) in [6.45, 7) is 0. The van der Waals surface area contributed by atoms with Crippen molar-refractivity contribution in [3.8, 4) is 0 Å². The Bertz CT molecular complexity index is 267. The van der Waals surface area contributed by atoms with Gasteiger partial charge in [-0.15, -0.1) is 0 Å². The summed E-state index contributed by atoms with van der Waals surface area (Å²) in [5.74, 6) is 0. The minimum Gasteiger partial charge on any atom is -0.299 e. The van der Waals surface area contributed by atoms with Gasteiger partial charge in [-0.1, -0.05) is 12.2 Å². The second kappa shape index (κ2) is 4.05. The van der Waals surface area contributed by atoms with Gasteiger partial charge in [0.1, 0.15) is 0 Å². The number of likely N-dealkylation sites (N-methyl/N-ethyl adjacent to an activating group) is 2. The molecule has 0 saturated heterocycles. The zero-order chi connectivity index (χ0) is 9.90. The maximum atomic E-state index is 10.8. The van der Waals surface area contributed by atoms with Gasteiger partial charge in [0.05, 0.1) is 5.66 Å². The molecule has 13 heavy (non-hydrogen) atoms. The summed E-state index contributed by atoms with van der Waals surface area (Å²) in [6.07, 6.45) is 6.17. The Hall–Kier alpha value is -0.640. The van der Waals surface area contributed by atoms with E-state index in [2.05, 4.69) is 10.6 Å². The van der Waals surface area contributed by atoms with Crippen LogP contribution in [-0.4, -0.2) is 25.0 Å². The van der Waals surface area contributed by atoms with Crippen molar-refractivity contribution in [3.05, 3.63) is 23.8 Å². The van der Waals surface area contributed by atoms with Gasteiger partial charge in [0.25, 0.3) is 5.24 Å². The van der Waals surface area contributed by atoms with Crippen molar-refractivity contribution in [1.29, 1.82) is 0 Å². The summed E-state index contributed by atoms with van der Waals surface area (Å²) in [4.78, 5) is 10.8. The molecule has 1 rings (SSSR count). The minimum absolute atomic E-state index is 0.240. The molecule has 0 aliphatic heterocycles. The van der Waals surface area contributed by atoms with E-state index in [-0.39, 0.29) is 5.66 Å². The highest BCUT2D eigenvalue weighted by Gasteiger charge is 2.24. The molecule has 1 aliphatic rings. The molecule has 0 fully saturated rings. The third kappa shape index (κ3) is 2.18. The highest BCUT2D eigenvalue weighted by atomic mass is 35.5. The van der Waals surface area contributed by atoms with Gasteiger partial charge >= 0.3 is 0 Å². The molecule has 0 heterocycles. The van der Waals surface area contributed by atoms with Crippen LogP contribution in [0.2, 0.25) is 0 Å². The number of carbonyl (C=O) groups is 1. The van der Waals surface area contributed by atoms with Crippen LogP contribution in [0, 0.1) is 0 Å². The summed E-state index contributed by atoms with van der Waals surface area (Å²) in [6, 6.07) is 0. The third-order valence-electron chi connectivity index (χ3n) is 2.31. The van der Waals surface area contributed by atoms with Crippen LogP contribution in [-0.2, 0) is 4.79 Å². The number of halogens is 1. The van der Waals surface area contributed by atoms with E-state index >= 15 is 0 Å². The lowest BCUT2D eigenvalue weighted by Crippen LogP contribution is -2.52. The van der Waals surface area contributed by atoms with E-state index in [1.165, 1.54) is 0 Å². The van der Waals surface area contributed by atoms with Gasteiger partial charge in [-0.25, -0.2) is 0 Å². The van der Waals surface area contributed by atoms with Crippen molar-refractivity contribution in [2.24, 2.45) is 0 Å². The first-order valence-electron chi connectivity index (χ1n) is 4.10. The normalized spacial score (nSPS) is 19.8. The Labute approximate surface area is 82.8 Å². The molecule has 0 amide bonds. The van der Waals surface area contributed by atoms with Gasteiger partial charge in [-0.3, -0.25) is 15.4 Å². The molecule has 0 aromatic carbocycles. The average Bonchev–Trinajstić information content (AvgIpc) is 2.18. The maximum Gasteiger partial charge on any atom is 0.252 e. The molecule has 0 bridgehead atoms. The lowest BCUT2D eigenvalue weighted by molar-refractivity contribution is -0.108. The fraction of sp³-hybridized carbons (Fsp3) is 0.444. The molecule has 0 aromatic rings. The van der Waals surface area contributed by atoms with Crippen molar-refractivity contribution < 1.29 is 4.79 Å². The van der Waals surface area contributed by atoms with E-state index < -0.39 is 5.24 Å². The summed E-state index contributed by atoms with van der Waals surface area (Å²) in [7, 11) is 3.73. The van der Waals surface area contributed by atoms with Gasteiger partial charge in [0.2, 0.25) is 0 Å². The summed E-state index contributed by atoms with van der Waals surface area (Å²) in [5, 5.41) is 5.85. The van der Waals surface area contributed by atoms with Crippen LogP contribution >= 0.6 is 11.6 Å². The van der Waals surface area contributed by atoms with E-state index in [1.54, 1.807) is 6.08 Å². The highest BCUT2D eigenvalue weighted by Crippen LogP contribution is 2.19. The molecule has 0 aromatic heterocycles. The Morgan fingerprint density at radius 3 is 2.46 bits per heavy atom. The standard InChI is InChI=1S/C9H13ClN2O/c1-11-9(12-2)5-3-7(4-6-9)8(10)13/h3-5,11-12H,6H2,1-2H3. The van der Waals surface area contributed by atoms with E-state index in [4.69, 9.17) is 11.6 Å². The van der Waals surface area contributed by atoms with Crippen molar-refractivity contribution in [1.82, 2.24) is 10.6 Å².